The lowest BCUT2D eigenvalue weighted by atomic mass is 10.1. The summed E-state index contributed by atoms with van der Waals surface area (Å²) < 4.78 is 31.4. The first-order valence-electron chi connectivity index (χ1n) is 15.7. The highest BCUT2D eigenvalue weighted by Gasteiger charge is 2.35. The Morgan fingerprint density at radius 2 is 0.500 bits per heavy atom. The number of hydrogen-bond donors (Lipinski definition) is 0. The van der Waals surface area contributed by atoms with E-state index >= 15 is 9.13 Å². The Balaban J connectivity index is 1.30. The molecule has 0 heterocycles. The molecule has 4 heteroatoms. The third-order valence-electron chi connectivity index (χ3n) is 9.33. The minimum Gasteiger partial charge on any atom is -0.314 e. The molecule has 0 N–H and O–H groups in total. The zero-order chi connectivity index (χ0) is 31.1. The Bertz CT molecular complexity index is 2170. The van der Waals surface area contributed by atoms with E-state index in [4.69, 9.17) is 0 Å². The van der Waals surface area contributed by atoms with Gasteiger partial charge < -0.3 is 9.13 Å². The van der Waals surface area contributed by atoms with Gasteiger partial charge in [0.15, 0.2) is 0 Å². The average Bonchev–Trinajstić information content (AvgIpc) is 3.12. The van der Waals surface area contributed by atoms with E-state index in [0.717, 1.165) is 64.3 Å². The topological polar surface area (TPSA) is 34.1 Å². The summed E-state index contributed by atoms with van der Waals surface area (Å²) >= 11 is 0. The van der Waals surface area contributed by atoms with E-state index in [9.17, 15) is 0 Å². The molecule has 0 aliphatic heterocycles. The Hall–Kier alpha value is -4.74. The van der Waals surface area contributed by atoms with Crippen molar-refractivity contribution in [2.75, 3.05) is 12.3 Å². The molecular formula is C42H32O2P2. The molecule has 8 rings (SSSR count). The summed E-state index contributed by atoms with van der Waals surface area (Å²) in [5.41, 5.74) is 0. The predicted octanol–water partition coefficient (Wildman–Crippen LogP) is 9.63. The lowest BCUT2D eigenvalue weighted by molar-refractivity contribution is 0.582. The van der Waals surface area contributed by atoms with Gasteiger partial charge in [-0.1, -0.05) is 146 Å². The maximum Gasteiger partial charge on any atom is 0.143 e. The van der Waals surface area contributed by atoms with Crippen molar-refractivity contribution in [2.45, 2.75) is 0 Å². The monoisotopic (exact) mass is 630 g/mol. The first-order valence-corrected chi connectivity index (χ1v) is 19.4. The number of benzene rings is 8. The highest BCUT2D eigenvalue weighted by molar-refractivity contribution is 7.82. The summed E-state index contributed by atoms with van der Waals surface area (Å²) in [6, 6.07) is 57.3. The lowest BCUT2D eigenvalue weighted by Crippen LogP contribution is -2.25. The molecule has 2 nitrogen and oxygen atoms in total. The molecule has 0 aliphatic carbocycles. The predicted molar refractivity (Wildman–Crippen MR) is 199 cm³/mol. The Morgan fingerprint density at radius 3 is 0.739 bits per heavy atom. The first kappa shape index (κ1) is 28.7. The SMILES string of the molecule is O=P(CCP(=O)(c1ccc2ccccc2c1)c1ccc2ccccc2c1)(c1ccc2ccccc2c1)c1ccc2ccccc2c1. The van der Waals surface area contributed by atoms with Crippen molar-refractivity contribution < 1.29 is 9.13 Å². The van der Waals surface area contributed by atoms with Crippen LogP contribution in [0.25, 0.3) is 43.1 Å². The zero-order valence-electron chi connectivity index (χ0n) is 25.3. The number of hydrogen-bond acceptors (Lipinski definition) is 2. The quantitative estimate of drug-likeness (QED) is 0.164. The van der Waals surface area contributed by atoms with Crippen LogP contribution in [0.3, 0.4) is 0 Å². The van der Waals surface area contributed by atoms with Gasteiger partial charge in [0.25, 0.3) is 0 Å². The molecule has 0 aromatic heterocycles. The van der Waals surface area contributed by atoms with Gasteiger partial charge in [-0.25, -0.2) is 0 Å². The van der Waals surface area contributed by atoms with Crippen LogP contribution >= 0.6 is 14.3 Å². The maximum absolute atomic E-state index is 15.7. The van der Waals surface area contributed by atoms with E-state index < -0.39 is 14.3 Å². The molecule has 0 aliphatic rings. The number of fused-ring (bicyclic) bond motifs is 4. The highest BCUT2D eigenvalue weighted by atomic mass is 31.2. The van der Waals surface area contributed by atoms with Crippen LogP contribution in [0.2, 0.25) is 0 Å². The standard InChI is InChI=1S/C42H32O2P2/c43-45(39-21-17-31-9-1-5-13-35(31)27-39,40-22-18-32-10-2-6-14-36(32)28-40)25-26-46(44,41-23-19-33-11-3-7-15-37(33)29-41)42-24-20-34-12-4-8-16-38(34)30-42/h1-24,27-30H,25-26H2. The van der Waals surface area contributed by atoms with Gasteiger partial charge in [-0.3, -0.25) is 0 Å². The Labute approximate surface area is 269 Å². The van der Waals surface area contributed by atoms with E-state index in [0.29, 0.717) is 0 Å². The molecule has 0 unspecified atom stereocenters. The molecule has 0 radical (unpaired) electrons. The third-order valence-corrected chi connectivity index (χ3v) is 15.8. The van der Waals surface area contributed by atoms with Crippen LogP contribution in [0.5, 0.6) is 0 Å². The second kappa shape index (κ2) is 11.6. The molecule has 222 valence electrons. The van der Waals surface area contributed by atoms with Gasteiger partial charge in [-0.2, -0.15) is 0 Å². The summed E-state index contributed by atoms with van der Waals surface area (Å²) in [4.78, 5) is 0. The summed E-state index contributed by atoms with van der Waals surface area (Å²) in [5.74, 6) is 0. The second-order valence-electron chi connectivity index (χ2n) is 12.1. The van der Waals surface area contributed by atoms with Crippen molar-refractivity contribution >= 4 is 78.6 Å². The van der Waals surface area contributed by atoms with Crippen molar-refractivity contribution in [3.8, 4) is 0 Å². The fourth-order valence-corrected chi connectivity index (χ4v) is 13.2. The van der Waals surface area contributed by atoms with Crippen molar-refractivity contribution in [1.82, 2.24) is 0 Å². The molecule has 46 heavy (non-hydrogen) atoms. The van der Waals surface area contributed by atoms with Crippen molar-refractivity contribution in [3.05, 3.63) is 170 Å². The minimum atomic E-state index is -3.24. The highest BCUT2D eigenvalue weighted by Crippen LogP contribution is 2.52. The van der Waals surface area contributed by atoms with E-state index in [1.165, 1.54) is 0 Å². The molecule has 8 aromatic carbocycles. The minimum absolute atomic E-state index is 0.278. The molecule has 0 saturated carbocycles. The molecule has 0 amide bonds. The van der Waals surface area contributed by atoms with Crippen LogP contribution in [0, 0.1) is 0 Å². The zero-order valence-corrected chi connectivity index (χ0v) is 27.1. The van der Waals surface area contributed by atoms with Gasteiger partial charge in [-0.15, -0.1) is 0 Å². The van der Waals surface area contributed by atoms with Crippen LogP contribution in [0.15, 0.2) is 170 Å². The fourth-order valence-electron chi connectivity index (χ4n) is 6.70. The van der Waals surface area contributed by atoms with Crippen molar-refractivity contribution in [2.24, 2.45) is 0 Å². The molecule has 0 saturated heterocycles. The fraction of sp³-hybridized carbons (Fsp3) is 0.0476. The van der Waals surface area contributed by atoms with Crippen molar-refractivity contribution in [1.29, 1.82) is 0 Å². The average molecular weight is 631 g/mol. The second-order valence-corrected chi connectivity index (χ2v) is 18.0. The summed E-state index contributed by atoms with van der Waals surface area (Å²) in [6.45, 7) is 0. The molecule has 0 fully saturated rings. The van der Waals surface area contributed by atoms with Crippen LogP contribution in [0.4, 0.5) is 0 Å². The Morgan fingerprint density at radius 1 is 0.283 bits per heavy atom. The van der Waals surface area contributed by atoms with Gasteiger partial charge in [-0.05, 0) is 67.4 Å². The smallest absolute Gasteiger partial charge is 0.143 e. The Kier molecular flexibility index (Phi) is 7.22. The molecule has 0 bridgehead atoms. The van der Waals surface area contributed by atoms with Crippen LogP contribution in [-0.4, -0.2) is 12.3 Å². The van der Waals surface area contributed by atoms with Crippen LogP contribution in [0.1, 0.15) is 0 Å². The largest absolute Gasteiger partial charge is 0.314 e. The van der Waals surface area contributed by atoms with Gasteiger partial charge in [0.1, 0.15) is 14.3 Å². The number of rotatable bonds is 7. The van der Waals surface area contributed by atoms with E-state index in [-0.39, 0.29) is 12.3 Å². The van der Waals surface area contributed by atoms with E-state index in [2.05, 4.69) is 97.1 Å². The van der Waals surface area contributed by atoms with Crippen molar-refractivity contribution in [3.63, 3.8) is 0 Å². The molecule has 0 spiro atoms. The summed E-state index contributed by atoms with van der Waals surface area (Å²) in [6.07, 6.45) is 0.557. The summed E-state index contributed by atoms with van der Waals surface area (Å²) in [7, 11) is -6.48. The van der Waals surface area contributed by atoms with Gasteiger partial charge in [0, 0.05) is 33.5 Å². The van der Waals surface area contributed by atoms with Gasteiger partial charge in [0.05, 0.1) is 0 Å². The van der Waals surface area contributed by atoms with Gasteiger partial charge in [0.2, 0.25) is 0 Å². The van der Waals surface area contributed by atoms with Crippen LogP contribution in [-0.2, 0) is 9.13 Å². The van der Waals surface area contributed by atoms with E-state index in [1.807, 2.05) is 72.8 Å². The molecule has 0 atom stereocenters. The summed E-state index contributed by atoms with van der Waals surface area (Å²) in [5, 5.41) is 11.8. The lowest BCUT2D eigenvalue weighted by Gasteiger charge is -2.25. The molecule has 8 aromatic rings. The first-order chi connectivity index (χ1) is 22.5. The maximum atomic E-state index is 15.7. The van der Waals surface area contributed by atoms with Gasteiger partial charge >= 0.3 is 0 Å². The normalized spacial score (nSPS) is 12.3. The third kappa shape index (κ3) is 5.09. The molecular weight excluding hydrogens is 598 g/mol. The van der Waals surface area contributed by atoms with Crippen LogP contribution < -0.4 is 21.2 Å². The van der Waals surface area contributed by atoms with E-state index in [1.54, 1.807) is 0 Å².